The Labute approximate surface area is 141 Å². The third-order valence-corrected chi connectivity index (χ3v) is 3.63. The van der Waals surface area contributed by atoms with E-state index in [4.69, 9.17) is 21.1 Å². The first kappa shape index (κ1) is 16.5. The minimum atomic E-state index is -0.625. The Bertz CT molecular complexity index is 698. The molecule has 0 fully saturated rings. The lowest BCUT2D eigenvalue weighted by Crippen LogP contribution is -2.15. The topological polar surface area (TPSA) is 52.6 Å². The number of ketones is 1. The van der Waals surface area contributed by atoms with E-state index in [-0.39, 0.29) is 18.0 Å². The number of rotatable bonds is 5. The molecule has 22 heavy (non-hydrogen) atoms. The fraction of sp³-hybridized carbons (Fsp3) is 0.125. The van der Waals surface area contributed by atoms with E-state index in [9.17, 15) is 9.59 Å². The van der Waals surface area contributed by atoms with Crippen molar-refractivity contribution < 1.29 is 19.1 Å². The highest BCUT2D eigenvalue weighted by atomic mass is 79.9. The molecule has 6 heteroatoms. The van der Waals surface area contributed by atoms with Crippen molar-refractivity contribution in [1.82, 2.24) is 0 Å². The van der Waals surface area contributed by atoms with Gasteiger partial charge in [0.05, 0.1) is 7.11 Å². The fourth-order valence-corrected chi connectivity index (χ4v) is 2.25. The highest BCUT2D eigenvalue weighted by molar-refractivity contribution is 9.10. The van der Waals surface area contributed by atoms with Gasteiger partial charge in [-0.05, 0) is 42.5 Å². The van der Waals surface area contributed by atoms with Gasteiger partial charge in [-0.2, -0.15) is 0 Å². The number of methoxy groups -OCH3 is 1. The van der Waals surface area contributed by atoms with E-state index in [0.717, 1.165) is 0 Å². The first-order chi connectivity index (χ1) is 10.5. The molecule has 0 aliphatic rings. The van der Waals surface area contributed by atoms with Crippen LogP contribution in [0.4, 0.5) is 0 Å². The SMILES string of the molecule is COc1ccc(Br)cc1C(=O)OCC(=O)c1ccc(Cl)cc1. The number of benzene rings is 2. The second-order valence-electron chi connectivity index (χ2n) is 4.35. The van der Waals surface area contributed by atoms with Gasteiger partial charge in [0, 0.05) is 15.1 Å². The molecular weight excluding hydrogens is 372 g/mol. The maximum atomic E-state index is 12.1. The number of Topliss-reactive ketones (excluding diaryl/α,β-unsaturated/α-hetero) is 1. The number of esters is 1. The molecule has 0 aromatic heterocycles. The Morgan fingerprint density at radius 2 is 1.82 bits per heavy atom. The molecule has 0 spiro atoms. The number of hydrogen-bond donors (Lipinski definition) is 0. The summed E-state index contributed by atoms with van der Waals surface area (Å²) in [6.45, 7) is -0.351. The number of halogens is 2. The monoisotopic (exact) mass is 382 g/mol. The molecule has 0 aliphatic heterocycles. The quantitative estimate of drug-likeness (QED) is 0.575. The Kier molecular flexibility index (Phi) is 5.57. The molecule has 0 N–H and O–H groups in total. The first-order valence-corrected chi connectivity index (χ1v) is 7.48. The number of carbonyl (C=O) groups excluding carboxylic acids is 2. The van der Waals surface area contributed by atoms with Gasteiger partial charge in [-0.3, -0.25) is 4.79 Å². The summed E-state index contributed by atoms with van der Waals surface area (Å²) in [6, 6.07) is 11.3. The molecule has 4 nitrogen and oxygen atoms in total. The van der Waals surface area contributed by atoms with E-state index < -0.39 is 5.97 Å². The van der Waals surface area contributed by atoms with Crippen LogP contribution in [-0.4, -0.2) is 25.5 Å². The van der Waals surface area contributed by atoms with Gasteiger partial charge in [0.15, 0.2) is 12.4 Å². The standard InChI is InChI=1S/C16H12BrClO4/c1-21-15-7-4-11(17)8-13(15)16(20)22-9-14(19)10-2-5-12(18)6-3-10/h2-8H,9H2,1H3. The van der Waals surface area contributed by atoms with E-state index >= 15 is 0 Å². The van der Waals surface area contributed by atoms with Crippen molar-refractivity contribution in [2.75, 3.05) is 13.7 Å². The van der Waals surface area contributed by atoms with Crippen LogP contribution in [0, 0.1) is 0 Å². The summed E-state index contributed by atoms with van der Waals surface area (Å²) < 4.78 is 10.9. The van der Waals surface area contributed by atoms with Crippen LogP contribution in [0.25, 0.3) is 0 Å². The maximum Gasteiger partial charge on any atom is 0.342 e. The van der Waals surface area contributed by atoms with Gasteiger partial charge in [0.1, 0.15) is 11.3 Å². The fourth-order valence-electron chi connectivity index (χ4n) is 1.77. The van der Waals surface area contributed by atoms with Crippen molar-refractivity contribution in [3.63, 3.8) is 0 Å². The van der Waals surface area contributed by atoms with Crippen LogP contribution in [0.3, 0.4) is 0 Å². The Balaban J connectivity index is 2.05. The molecular formula is C16H12BrClO4. The largest absolute Gasteiger partial charge is 0.496 e. The third-order valence-electron chi connectivity index (χ3n) is 2.88. The Hall–Kier alpha value is -1.85. The molecule has 0 unspecified atom stereocenters. The predicted molar refractivity (Wildman–Crippen MR) is 86.8 cm³/mol. The van der Waals surface area contributed by atoms with E-state index in [1.165, 1.54) is 7.11 Å². The van der Waals surface area contributed by atoms with Crippen molar-refractivity contribution in [2.45, 2.75) is 0 Å². The van der Waals surface area contributed by atoms with E-state index in [1.807, 2.05) is 0 Å². The summed E-state index contributed by atoms with van der Waals surface area (Å²) >= 11 is 9.03. The van der Waals surface area contributed by atoms with Gasteiger partial charge in [0.25, 0.3) is 0 Å². The average Bonchev–Trinajstić information content (AvgIpc) is 2.53. The summed E-state index contributed by atoms with van der Waals surface area (Å²) in [4.78, 5) is 24.0. The molecule has 114 valence electrons. The number of hydrogen-bond acceptors (Lipinski definition) is 4. The second kappa shape index (κ2) is 7.42. The minimum Gasteiger partial charge on any atom is -0.496 e. The summed E-state index contributed by atoms with van der Waals surface area (Å²) in [5.74, 6) is -0.549. The van der Waals surface area contributed by atoms with Crippen molar-refractivity contribution in [3.05, 3.63) is 63.1 Å². The number of ether oxygens (including phenoxy) is 2. The van der Waals surface area contributed by atoms with Crippen LogP contribution in [0.15, 0.2) is 46.9 Å². The smallest absolute Gasteiger partial charge is 0.342 e. The van der Waals surface area contributed by atoms with Crippen molar-refractivity contribution in [1.29, 1.82) is 0 Å². The summed E-state index contributed by atoms with van der Waals surface area (Å²) in [6.07, 6.45) is 0. The maximum absolute atomic E-state index is 12.1. The zero-order chi connectivity index (χ0) is 16.1. The molecule has 0 saturated heterocycles. The third kappa shape index (κ3) is 4.08. The normalized spacial score (nSPS) is 10.1. The summed E-state index contributed by atoms with van der Waals surface area (Å²) in [7, 11) is 1.46. The zero-order valence-electron chi connectivity index (χ0n) is 11.6. The van der Waals surface area contributed by atoms with Gasteiger partial charge in [-0.1, -0.05) is 27.5 Å². The molecule has 0 aliphatic carbocycles. The van der Waals surface area contributed by atoms with Gasteiger partial charge < -0.3 is 9.47 Å². The summed E-state index contributed by atoms with van der Waals surface area (Å²) in [5, 5.41) is 0.535. The first-order valence-electron chi connectivity index (χ1n) is 6.30. The molecule has 0 amide bonds. The number of carbonyl (C=O) groups is 2. The molecule has 0 atom stereocenters. The van der Waals surface area contributed by atoms with E-state index in [0.29, 0.717) is 20.8 Å². The van der Waals surface area contributed by atoms with Gasteiger partial charge in [-0.25, -0.2) is 4.79 Å². The molecule has 0 bridgehead atoms. The summed E-state index contributed by atoms with van der Waals surface area (Å²) in [5.41, 5.74) is 0.680. The molecule has 2 aromatic carbocycles. The zero-order valence-corrected chi connectivity index (χ0v) is 14.0. The van der Waals surface area contributed by atoms with Crippen molar-refractivity contribution in [2.24, 2.45) is 0 Å². The lowest BCUT2D eigenvalue weighted by molar-refractivity contribution is 0.0471. The van der Waals surface area contributed by atoms with Crippen LogP contribution in [0.1, 0.15) is 20.7 Å². The van der Waals surface area contributed by atoms with Crippen LogP contribution in [0.5, 0.6) is 5.75 Å². The highest BCUT2D eigenvalue weighted by Crippen LogP contribution is 2.23. The Morgan fingerprint density at radius 1 is 1.14 bits per heavy atom. The Morgan fingerprint density at radius 3 is 2.45 bits per heavy atom. The van der Waals surface area contributed by atoms with Gasteiger partial charge >= 0.3 is 5.97 Å². The van der Waals surface area contributed by atoms with E-state index in [1.54, 1.807) is 42.5 Å². The van der Waals surface area contributed by atoms with Crippen LogP contribution in [0.2, 0.25) is 5.02 Å². The molecule has 0 radical (unpaired) electrons. The molecule has 2 aromatic rings. The highest BCUT2D eigenvalue weighted by Gasteiger charge is 2.16. The predicted octanol–water partition coefficient (Wildman–Crippen LogP) is 4.15. The lowest BCUT2D eigenvalue weighted by atomic mass is 10.1. The van der Waals surface area contributed by atoms with E-state index in [2.05, 4.69) is 15.9 Å². The van der Waals surface area contributed by atoms with Gasteiger partial charge in [0.2, 0.25) is 0 Å². The van der Waals surface area contributed by atoms with Crippen LogP contribution < -0.4 is 4.74 Å². The van der Waals surface area contributed by atoms with Crippen molar-refractivity contribution >= 4 is 39.3 Å². The molecule has 0 heterocycles. The van der Waals surface area contributed by atoms with Crippen LogP contribution in [-0.2, 0) is 4.74 Å². The van der Waals surface area contributed by atoms with Gasteiger partial charge in [-0.15, -0.1) is 0 Å². The lowest BCUT2D eigenvalue weighted by Gasteiger charge is -2.09. The second-order valence-corrected chi connectivity index (χ2v) is 5.70. The molecule has 0 saturated carbocycles. The minimum absolute atomic E-state index is 0.251. The van der Waals surface area contributed by atoms with Crippen molar-refractivity contribution in [3.8, 4) is 5.75 Å². The average molecular weight is 384 g/mol. The van der Waals surface area contributed by atoms with Crippen LogP contribution >= 0.6 is 27.5 Å². The molecule has 2 rings (SSSR count).